The van der Waals surface area contributed by atoms with Gasteiger partial charge in [-0.05, 0) is 48.1 Å². The first kappa shape index (κ1) is 16.2. The molecule has 1 aliphatic carbocycles. The largest absolute Gasteiger partial charge is 0.303 e. The molecule has 0 saturated heterocycles. The van der Waals surface area contributed by atoms with E-state index in [4.69, 9.17) is 5.14 Å². The molecule has 2 aromatic carbocycles. The van der Waals surface area contributed by atoms with Crippen molar-refractivity contribution < 1.29 is 8.42 Å². The minimum absolute atomic E-state index is 0.128. The van der Waals surface area contributed by atoms with Gasteiger partial charge in [0.05, 0.1) is 4.90 Å². The summed E-state index contributed by atoms with van der Waals surface area (Å²) >= 11 is 0. The number of hydrogen-bond donors (Lipinski definition) is 2. The third-order valence-corrected chi connectivity index (χ3v) is 5.57. The summed E-state index contributed by atoms with van der Waals surface area (Å²) < 4.78 is 22.7. The molecule has 0 spiro atoms. The number of nitrogens with two attached hydrogens (primary N) is 1. The van der Waals surface area contributed by atoms with Crippen LogP contribution in [0.3, 0.4) is 0 Å². The van der Waals surface area contributed by atoms with Crippen LogP contribution in [-0.4, -0.2) is 8.42 Å². The van der Waals surface area contributed by atoms with Crippen LogP contribution in [0.15, 0.2) is 53.4 Å². The van der Waals surface area contributed by atoms with Crippen LogP contribution in [0, 0.1) is 5.92 Å². The summed E-state index contributed by atoms with van der Waals surface area (Å²) in [5.41, 5.74) is 3.83. The van der Waals surface area contributed by atoms with E-state index in [2.05, 4.69) is 43.4 Å². The van der Waals surface area contributed by atoms with Gasteiger partial charge >= 0.3 is 0 Å². The molecule has 0 bridgehead atoms. The Labute approximate surface area is 137 Å². The van der Waals surface area contributed by atoms with Crippen molar-refractivity contribution in [1.82, 2.24) is 5.32 Å². The summed E-state index contributed by atoms with van der Waals surface area (Å²) in [7, 11) is -3.64. The molecular weight excluding hydrogens is 308 g/mol. The fraction of sp³-hybridized carbons (Fsp3) is 0.333. The average Bonchev–Trinajstić information content (AvgIpc) is 2.82. The Kier molecular flexibility index (Phi) is 4.27. The molecule has 4 nitrogen and oxygen atoms in total. The molecular formula is C18H22N2O2S. The lowest BCUT2D eigenvalue weighted by Gasteiger charge is -2.24. The van der Waals surface area contributed by atoms with E-state index in [0.717, 1.165) is 12.0 Å². The molecule has 122 valence electrons. The zero-order valence-electron chi connectivity index (χ0n) is 13.4. The lowest BCUT2D eigenvalue weighted by atomic mass is 10.00. The van der Waals surface area contributed by atoms with Gasteiger partial charge in [-0.2, -0.15) is 0 Å². The van der Waals surface area contributed by atoms with Crippen LogP contribution in [0.1, 0.15) is 42.6 Å². The van der Waals surface area contributed by atoms with Crippen LogP contribution >= 0.6 is 0 Å². The number of primary sulfonamides is 1. The highest BCUT2D eigenvalue weighted by atomic mass is 32.2. The maximum Gasteiger partial charge on any atom is 0.238 e. The molecule has 5 heteroatoms. The van der Waals surface area contributed by atoms with Crippen molar-refractivity contribution in [2.24, 2.45) is 11.1 Å². The summed E-state index contributed by atoms with van der Waals surface area (Å²) in [6.07, 6.45) is 1.09. The molecule has 0 aromatic heterocycles. The minimum atomic E-state index is -3.64. The van der Waals surface area contributed by atoms with E-state index in [9.17, 15) is 8.42 Å². The monoisotopic (exact) mass is 330 g/mol. The molecule has 3 atom stereocenters. The van der Waals surface area contributed by atoms with E-state index >= 15 is 0 Å². The molecule has 0 unspecified atom stereocenters. The fourth-order valence-corrected chi connectivity index (χ4v) is 3.88. The maximum absolute atomic E-state index is 11.3. The molecule has 0 radical (unpaired) electrons. The maximum atomic E-state index is 11.3. The van der Waals surface area contributed by atoms with Crippen LogP contribution in [0.2, 0.25) is 0 Å². The topological polar surface area (TPSA) is 72.2 Å². The number of fused-ring (bicyclic) bond motifs is 1. The van der Waals surface area contributed by atoms with E-state index in [-0.39, 0.29) is 10.9 Å². The molecule has 0 amide bonds. The summed E-state index contributed by atoms with van der Waals surface area (Å²) in [6.45, 7) is 4.36. The van der Waals surface area contributed by atoms with E-state index in [1.54, 1.807) is 12.1 Å². The molecule has 2 aromatic rings. The van der Waals surface area contributed by atoms with Crippen molar-refractivity contribution in [3.8, 4) is 0 Å². The predicted octanol–water partition coefficient (Wildman–Crippen LogP) is 2.92. The Balaban J connectivity index is 1.78. The molecule has 3 rings (SSSR count). The minimum Gasteiger partial charge on any atom is -0.303 e. The van der Waals surface area contributed by atoms with Gasteiger partial charge in [-0.25, -0.2) is 13.6 Å². The third-order valence-electron chi connectivity index (χ3n) is 4.64. The van der Waals surface area contributed by atoms with E-state index in [1.807, 2.05) is 12.1 Å². The molecule has 23 heavy (non-hydrogen) atoms. The Hall–Kier alpha value is -1.69. The van der Waals surface area contributed by atoms with Crippen molar-refractivity contribution in [3.63, 3.8) is 0 Å². The van der Waals surface area contributed by atoms with E-state index in [0.29, 0.717) is 12.0 Å². The van der Waals surface area contributed by atoms with Gasteiger partial charge in [0.1, 0.15) is 0 Å². The Morgan fingerprint density at radius 2 is 1.78 bits per heavy atom. The SMILES string of the molecule is C[C@H](N[C@@H]1c2ccccc2C[C@H]1C)c1ccc(S(N)(=O)=O)cc1. The molecule has 0 saturated carbocycles. The van der Waals surface area contributed by atoms with E-state index < -0.39 is 10.0 Å². The Morgan fingerprint density at radius 1 is 1.13 bits per heavy atom. The zero-order valence-corrected chi connectivity index (χ0v) is 14.2. The first-order valence-electron chi connectivity index (χ1n) is 7.83. The summed E-state index contributed by atoms with van der Waals surface area (Å²) in [6, 6.07) is 15.8. The number of nitrogens with one attached hydrogen (secondary N) is 1. The molecule has 0 aliphatic heterocycles. The Morgan fingerprint density at radius 3 is 2.43 bits per heavy atom. The van der Waals surface area contributed by atoms with E-state index in [1.165, 1.54) is 11.1 Å². The molecule has 3 N–H and O–H groups in total. The highest BCUT2D eigenvalue weighted by Crippen LogP contribution is 2.37. The van der Waals surface area contributed by atoms with Crippen LogP contribution in [-0.2, 0) is 16.4 Å². The summed E-state index contributed by atoms with van der Waals surface area (Å²) in [5, 5.41) is 8.82. The second-order valence-corrected chi connectivity index (χ2v) is 7.92. The van der Waals surface area contributed by atoms with Crippen molar-refractivity contribution in [1.29, 1.82) is 0 Å². The molecule has 0 fully saturated rings. The van der Waals surface area contributed by atoms with Crippen molar-refractivity contribution in [2.45, 2.75) is 37.2 Å². The quantitative estimate of drug-likeness (QED) is 0.905. The number of rotatable bonds is 4. The average molecular weight is 330 g/mol. The van der Waals surface area contributed by atoms with Crippen molar-refractivity contribution in [3.05, 3.63) is 65.2 Å². The van der Waals surface area contributed by atoms with Gasteiger partial charge in [-0.1, -0.05) is 43.3 Å². The number of hydrogen-bond acceptors (Lipinski definition) is 3. The highest BCUT2D eigenvalue weighted by Gasteiger charge is 2.29. The third kappa shape index (κ3) is 3.32. The van der Waals surface area contributed by atoms with Gasteiger partial charge in [0.25, 0.3) is 0 Å². The van der Waals surface area contributed by atoms with Gasteiger partial charge in [-0.15, -0.1) is 0 Å². The van der Waals surface area contributed by atoms with Crippen LogP contribution < -0.4 is 10.5 Å². The number of sulfonamides is 1. The first-order valence-corrected chi connectivity index (χ1v) is 9.37. The second-order valence-electron chi connectivity index (χ2n) is 6.36. The van der Waals surface area contributed by atoms with Gasteiger partial charge < -0.3 is 5.32 Å². The number of benzene rings is 2. The lowest BCUT2D eigenvalue weighted by Crippen LogP contribution is -2.27. The molecule has 1 aliphatic rings. The predicted molar refractivity (Wildman–Crippen MR) is 91.4 cm³/mol. The lowest BCUT2D eigenvalue weighted by molar-refractivity contribution is 0.379. The Bertz CT molecular complexity index is 800. The van der Waals surface area contributed by atoms with Crippen LogP contribution in [0.4, 0.5) is 0 Å². The van der Waals surface area contributed by atoms with Crippen molar-refractivity contribution >= 4 is 10.0 Å². The van der Waals surface area contributed by atoms with Crippen LogP contribution in [0.5, 0.6) is 0 Å². The first-order chi connectivity index (χ1) is 10.9. The summed E-state index contributed by atoms with van der Waals surface area (Å²) in [5.74, 6) is 0.540. The van der Waals surface area contributed by atoms with Gasteiger partial charge in [-0.3, -0.25) is 0 Å². The highest BCUT2D eigenvalue weighted by molar-refractivity contribution is 7.89. The smallest absolute Gasteiger partial charge is 0.238 e. The zero-order chi connectivity index (χ0) is 16.6. The van der Waals surface area contributed by atoms with Crippen molar-refractivity contribution in [2.75, 3.05) is 0 Å². The van der Waals surface area contributed by atoms with Crippen LogP contribution in [0.25, 0.3) is 0 Å². The normalized spacial score (nSPS) is 21.9. The van der Waals surface area contributed by atoms with Gasteiger partial charge in [0.2, 0.25) is 10.0 Å². The van der Waals surface area contributed by atoms with Gasteiger partial charge in [0, 0.05) is 12.1 Å². The standard InChI is InChI=1S/C18H22N2O2S/c1-12-11-15-5-3-4-6-17(15)18(12)20-13(2)14-7-9-16(10-8-14)23(19,21)22/h3-10,12-13,18,20H,11H2,1-2H3,(H2,19,21,22)/t12-,13+,18+/m1/s1. The second kappa shape index (κ2) is 6.07. The fourth-order valence-electron chi connectivity index (χ4n) is 3.36. The van der Waals surface area contributed by atoms with Gasteiger partial charge in [0.15, 0.2) is 0 Å². The summed E-state index contributed by atoms with van der Waals surface area (Å²) in [4.78, 5) is 0.146. The molecule has 0 heterocycles.